The van der Waals surface area contributed by atoms with Crippen LogP contribution in [0.25, 0.3) is 11.1 Å². The molecule has 124 valence electrons. The second kappa shape index (κ2) is 5.37. The summed E-state index contributed by atoms with van der Waals surface area (Å²) in [5.74, 6) is 0.289. The van der Waals surface area contributed by atoms with Gasteiger partial charge < -0.3 is 10.6 Å². The molecule has 2 N–H and O–H groups in total. The summed E-state index contributed by atoms with van der Waals surface area (Å²) in [4.78, 5) is 14.1. The topological polar surface area (TPSA) is 46.3 Å². The van der Waals surface area contributed by atoms with Gasteiger partial charge in [0.2, 0.25) is 5.91 Å². The smallest absolute Gasteiger partial charge is 0.222 e. The monoisotopic (exact) mass is 320 g/mol. The third-order valence-corrected chi connectivity index (χ3v) is 6.08. The zero-order valence-electron chi connectivity index (χ0n) is 14.4. The van der Waals surface area contributed by atoms with E-state index < -0.39 is 0 Å². The van der Waals surface area contributed by atoms with Gasteiger partial charge in [0.1, 0.15) is 0 Å². The summed E-state index contributed by atoms with van der Waals surface area (Å²) in [7, 11) is 1.97. The van der Waals surface area contributed by atoms with Crippen molar-refractivity contribution in [3.63, 3.8) is 0 Å². The molecule has 2 aliphatic rings. The normalized spacial score (nSPS) is 26.0. The minimum Gasteiger partial charge on any atom is -0.399 e. The number of piperidine rings is 1. The predicted molar refractivity (Wildman–Crippen MR) is 97.8 cm³/mol. The van der Waals surface area contributed by atoms with E-state index in [4.69, 9.17) is 5.73 Å². The molecule has 1 amide bonds. The van der Waals surface area contributed by atoms with Crippen LogP contribution in [0.2, 0.25) is 0 Å². The summed E-state index contributed by atoms with van der Waals surface area (Å²) in [6.07, 6.45) is 3.68. The first-order valence-corrected chi connectivity index (χ1v) is 8.74. The van der Waals surface area contributed by atoms with E-state index in [9.17, 15) is 4.79 Å². The summed E-state index contributed by atoms with van der Waals surface area (Å²) >= 11 is 0. The number of nitrogens with two attached hydrogens (primary N) is 1. The number of rotatable bonds is 1. The molecule has 2 aromatic carbocycles. The van der Waals surface area contributed by atoms with E-state index in [2.05, 4.69) is 31.2 Å². The third kappa shape index (κ3) is 2.22. The third-order valence-electron chi connectivity index (χ3n) is 6.08. The Labute approximate surface area is 143 Å². The van der Waals surface area contributed by atoms with E-state index in [0.29, 0.717) is 12.5 Å². The van der Waals surface area contributed by atoms with E-state index >= 15 is 0 Å². The molecule has 2 atom stereocenters. The number of nitrogen functional groups attached to an aromatic ring is 1. The maximum absolute atomic E-state index is 12.1. The van der Waals surface area contributed by atoms with Gasteiger partial charge in [0.15, 0.2) is 0 Å². The van der Waals surface area contributed by atoms with Crippen molar-refractivity contribution >= 4 is 11.6 Å². The van der Waals surface area contributed by atoms with Gasteiger partial charge in [0.25, 0.3) is 0 Å². The Balaban J connectivity index is 1.76. The van der Waals surface area contributed by atoms with E-state index in [1.54, 1.807) is 0 Å². The molecular weight excluding hydrogens is 296 g/mol. The first-order chi connectivity index (χ1) is 11.5. The maximum Gasteiger partial charge on any atom is 0.222 e. The molecule has 24 heavy (non-hydrogen) atoms. The van der Waals surface area contributed by atoms with Crippen molar-refractivity contribution in [3.05, 3.63) is 53.6 Å². The summed E-state index contributed by atoms with van der Waals surface area (Å²) in [6, 6.07) is 15.2. The molecule has 1 saturated heterocycles. The van der Waals surface area contributed by atoms with Crippen LogP contribution in [-0.4, -0.2) is 23.9 Å². The molecule has 1 heterocycles. The van der Waals surface area contributed by atoms with Crippen molar-refractivity contribution in [2.45, 2.75) is 44.1 Å². The number of anilines is 1. The number of amides is 1. The molecule has 1 aliphatic heterocycles. The van der Waals surface area contributed by atoms with Crippen molar-refractivity contribution in [1.29, 1.82) is 0 Å². The second-order valence-corrected chi connectivity index (χ2v) is 7.47. The summed E-state index contributed by atoms with van der Waals surface area (Å²) in [5, 5.41) is 0. The zero-order valence-corrected chi connectivity index (χ0v) is 14.4. The number of fused-ring (bicyclic) bond motifs is 3. The number of likely N-dealkylation sites (tertiary alicyclic amines) is 1. The van der Waals surface area contributed by atoms with Crippen LogP contribution >= 0.6 is 0 Å². The fraction of sp³-hybridized carbons (Fsp3) is 0.381. The van der Waals surface area contributed by atoms with Crippen molar-refractivity contribution < 1.29 is 4.79 Å². The number of hydrogen-bond acceptors (Lipinski definition) is 2. The first-order valence-electron chi connectivity index (χ1n) is 8.74. The minimum absolute atomic E-state index is 0.0739. The van der Waals surface area contributed by atoms with E-state index in [-0.39, 0.29) is 11.3 Å². The fourth-order valence-corrected chi connectivity index (χ4v) is 4.68. The number of carbonyl (C=O) groups excluding carboxylic acids is 1. The van der Waals surface area contributed by atoms with Crippen LogP contribution in [0, 0.1) is 0 Å². The van der Waals surface area contributed by atoms with Crippen molar-refractivity contribution in [2.75, 3.05) is 12.8 Å². The molecule has 0 saturated carbocycles. The Kier molecular flexibility index (Phi) is 3.41. The van der Waals surface area contributed by atoms with Crippen LogP contribution in [0.4, 0.5) is 5.69 Å². The van der Waals surface area contributed by atoms with Gasteiger partial charge >= 0.3 is 0 Å². The maximum atomic E-state index is 12.1. The van der Waals surface area contributed by atoms with Crippen LogP contribution in [-0.2, 0) is 16.6 Å². The van der Waals surface area contributed by atoms with Crippen molar-refractivity contribution in [1.82, 2.24) is 4.90 Å². The van der Waals surface area contributed by atoms with Crippen molar-refractivity contribution in [2.24, 2.45) is 0 Å². The minimum atomic E-state index is 0.0739. The lowest BCUT2D eigenvalue weighted by molar-refractivity contribution is -0.138. The standard InChI is InChI=1S/C21H24N2O/c1-21-11-10-20(24)23(2)19(21)9-7-16-12-15(6-8-18(16)21)14-4-3-5-17(22)13-14/h3-6,8,12-13,19H,7,9-11,22H2,1-2H3/t19?,21-/m1/s1. The van der Waals surface area contributed by atoms with Gasteiger partial charge in [-0.3, -0.25) is 4.79 Å². The zero-order chi connectivity index (χ0) is 16.9. The molecule has 0 bridgehead atoms. The largest absolute Gasteiger partial charge is 0.399 e. The number of carbonyl (C=O) groups is 1. The van der Waals surface area contributed by atoms with Gasteiger partial charge in [0, 0.05) is 30.6 Å². The first kappa shape index (κ1) is 15.3. The van der Waals surface area contributed by atoms with Crippen LogP contribution in [0.1, 0.15) is 37.3 Å². The molecule has 0 radical (unpaired) electrons. The summed E-state index contributed by atoms with van der Waals surface area (Å²) in [6.45, 7) is 2.33. The highest BCUT2D eigenvalue weighted by atomic mass is 16.2. The lowest BCUT2D eigenvalue weighted by Crippen LogP contribution is -2.56. The van der Waals surface area contributed by atoms with Gasteiger partial charge in [-0.15, -0.1) is 0 Å². The SMILES string of the molecule is CN1C(=O)CC[C@]2(C)c3ccc(-c4cccc(N)c4)cc3CCC12. The Hall–Kier alpha value is -2.29. The molecule has 4 rings (SSSR count). The number of aryl methyl sites for hydroxylation is 1. The highest BCUT2D eigenvalue weighted by Crippen LogP contribution is 2.46. The Bertz CT molecular complexity index is 813. The lowest BCUT2D eigenvalue weighted by atomic mass is 9.63. The fourth-order valence-electron chi connectivity index (χ4n) is 4.68. The van der Waals surface area contributed by atoms with Crippen molar-refractivity contribution in [3.8, 4) is 11.1 Å². The average Bonchev–Trinajstić information content (AvgIpc) is 2.58. The number of nitrogens with zero attached hydrogens (tertiary/aromatic N) is 1. The molecule has 1 fully saturated rings. The predicted octanol–water partition coefficient (Wildman–Crippen LogP) is 3.76. The lowest BCUT2D eigenvalue weighted by Gasteiger charge is -2.50. The molecule has 0 spiro atoms. The Morgan fingerprint density at radius 3 is 2.71 bits per heavy atom. The molecule has 3 nitrogen and oxygen atoms in total. The van der Waals surface area contributed by atoms with Crippen LogP contribution in [0.3, 0.4) is 0 Å². The van der Waals surface area contributed by atoms with Gasteiger partial charge in [-0.25, -0.2) is 0 Å². The van der Waals surface area contributed by atoms with E-state index in [1.807, 2.05) is 30.1 Å². The summed E-state index contributed by atoms with van der Waals surface area (Å²) < 4.78 is 0. The van der Waals surface area contributed by atoms with Crippen LogP contribution in [0.15, 0.2) is 42.5 Å². The van der Waals surface area contributed by atoms with Crippen LogP contribution < -0.4 is 5.73 Å². The quantitative estimate of drug-likeness (QED) is 0.813. The van der Waals surface area contributed by atoms with Gasteiger partial charge in [-0.1, -0.05) is 37.3 Å². The molecule has 3 heteroatoms. The van der Waals surface area contributed by atoms with Gasteiger partial charge in [-0.05, 0) is 53.6 Å². The highest BCUT2D eigenvalue weighted by Gasteiger charge is 2.46. The van der Waals surface area contributed by atoms with Gasteiger partial charge in [-0.2, -0.15) is 0 Å². The van der Waals surface area contributed by atoms with Crippen LogP contribution in [0.5, 0.6) is 0 Å². The average molecular weight is 320 g/mol. The second-order valence-electron chi connectivity index (χ2n) is 7.47. The molecule has 1 unspecified atom stereocenters. The Morgan fingerprint density at radius 1 is 1.12 bits per heavy atom. The summed E-state index contributed by atoms with van der Waals surface area (Å²) in [5.41, 5.74) is 12.0. The molecular formula is C21H24N2O. The number of benzene rings is 2. The molecule has 1 aliphatic carbocycles. The van der Waals surface area contributed by atoms with Gasteiger partial charge in [0.05, 0.1) is 0 Å². The molecule has 0 aromatic heterocycles. The highest BCUT2D eigenvalue weighted by molar-refractivity contribution is 5.78. The Morgan fingerprint density at radius 2 is 1.92 bits per heavy atom. The van der Waals surface area contributed by atoms with E-state index in [0.717, 1.165) is 24.9 Å². The molecule has 2 aromatic rings. The number of hydrogen-bond donors (Lipinski definition) is 1. The number of likely N-dealkylation sites (N-methyl/N-ethyl adjacent to an activating group) is 1. The van der Waals surface area contributed by atoms with E-state index in [1.165, 1.54) is 22.3 Å².